The van der Waals surface area contributed by atoms with Crippen molar-refractivity contribution in [3.8, 4) is 0 Å². The monoisotopic (exact) mass is 359 g/mol. The van der Waals surface area contributed by atoms with Gasteiger partial charge in [-0.25, -0.2) is 0 Å². The molecule has 2 unspecified atom stereocenters. The number of nitrogens with zero attached hydrogens (tertiary/aromatic N) is 1. The molecule has 0 aromatic heterocycles. The highest BCUT2D eigenvalue weighted by Crippen LogP contribution is 2.29. The predicted octanol–water partition coefficient (Wildman–Crippen LogP) is 7.73. The minimum atomic E-state index is 0.425. The van der Waals surface area contributed by atoms with Crippen molar-refractivity contribution >= 4 is 5.69 Å². The lowest BCUT2D eigenvalue weighted by atomic mass is 9.83. The minimum Gasteiger partial charge on any atom is -0.372 e. The zero-order valence-corrected chi connectivity index (χ0v) is 19.2. The Morgan fingerprint density at radius 3 is 1.65 bits per heavy atom. The van der Waals surface area contributed by atoms with Crippen molar-refractivity contribution in [1.82, 2.24) is 0 Å². The van der Waals surface area contributed by atoms with Crippen LogP contribution < -0.4 is 4.90 Å². The normalized spacial score (nSPS) is 15.0. The van der Waals surface area contributed by atoms with Crippen LogP contribution in [0.3, 0.4) is 0 Å². The molecular formula is C25H45N. The van der Waals surface area contributed by atoms with Crippen molar-refractivity contribution in [2.24, 2.45) is 22.7 Å². The number of anilines is 1. The van der Waals surface area contributed by atoms with Gasteiger partial charge in [0.1, 0.15) is 0 Å². The summed E-state index contributed by atoms with van der Waals surface area (Å²) in [5.41, 5.74) is 3.61. The highest BCUT2D eigenvalue weighted by atomic mass is 15.1. The molecule has 0 radical (unpaired) electrons. The van der Waals surface area contributed by atoms with Crippen molar-refractivity contribution in [2.75, 3.05) is 18.0 Å². The summed E-state index contributed by atoms with van der Waals surface area (Å²) in [6, 6.07) is 9.04. The van der Waals surface area contributed by atoms with Crippen LogP contribution in [0.25, 0.3) is 0 Å². The molecule has 0 heterocycles. The third kappa shape index (κ3) is 10.2. The Morgan fingerprint density at radius 2 is 1.27 bits per heavy atom. The highest BCUT2D eigenvalue weighted by molar-refractivity contribution is 5.48. The smallest absolute Gasteiger partial charge is 0.0368 e. The molecule has 0 bridgehead atoms. The first kappa shape index (κ1) is 23.1. The first-order valence-electron chi connectivity index (χ1n) is 10.7. The maximum atomic E-state index is 2.63. The molecule has 26 heavy (non-hydrogen) atoms. The van der Waals surface area contributed by atoms with Crippen LogP contribution in [0.2, 0.25) is 0 Å². The largest absolute Gasteiger partial charge is 0.372 e. The fourth-order valence-corrected chi connectivity index (χ4v) is 4.24. The molecule has 1 aromatic carbocycles. The van der Waals surface area contributed by atoms with Gasteiger partial charge in [0.2, 0.25) is 0 Å². The third-order valence-corrected chi connectivity index (χ3v) is 5.07. The van der Waals surface area contributed by atoms with Gasteiger partial charge < -0.3 is 4.90 Å². The van der Waals surface area contributed by atoms with E-state index in [0.717, 1.165) is 11.8 Å². The third-order valence-electron chi connectivity index (χ3n) is 5.07. The van der Waals surface area contributed by atoms with E-state index in [1.807, 2.05) is 0 Å². The Kier molecular flexibility index (Phi) is 8.70. The fourth-order valence-electron chi connectivity index (χ4n) is 4.24. The fraction of sp³-hybridized carbons (Fsp3) is 0.760. The summed E-state index contributed by atoms with van der Waals surface area (Å²) >= 11 is 0. The van der Waals surface area contributed by atoms with Crippen LogP contribution in [0.15, 0.2) is 24.3 Å². The van der Waals surface area contributed by atoms with E-state index in [-0.39, 0.29) is 0 Å². The van der Waals surface area contributed by atoms with Gasteiger partial charge in [-0.1, -0.05) is 67.5 Å². The first-order chi connectivity index (χ1) is 11.9. The predicted molar refractivity (Wildman–Crippen MR) is 119 cm³/mol. The Labute approximate surface area is 164 Å². The summed E-state index contributed by atoms with van der Waals surface area (Å²) in [5, 5.41) is 0. The summed E-state index contributed by atoms with van der Waals surface area (Å²) < 4.78 is 0. The van der Waals surface area contributed by atoms with Crippen LogP contribution in [-0.4, -0.2) is 13.1 Å². The van der Waals surface area contributed by atoms with Gasteiger partial charge in [-0.15, -0.1) is 0 Å². The molecule has 0 saturated heterocycles. The second-order valence-electron chi connectivity index (χ2n) is 11.1. The average Bonchev–Trinajstić information content (AvgIpc) is 2.43. The molecule has 0 spiro atoms. The summed E-state index contributed by atoms with van der Waals surface area (Å²) in [6.45, 7) is 23.5. The van der Waals surface area contributed by atoms with Crippen LogP contribution in [-0.2, 0) is 0 Å². The van der Waals surface area contributed by atoms with E-state index in [9.17, 15) is 0 Å². The van der Waals surface area contributed by atoms with Crippen LogP contribution in [0.5, 0.6) is 0 Å². The van der Waals surface area contributed by atoms with E-state index in [4.69, 9.17) is 0 Å². The van der Waals surface area contributed by atoms with Crippen molar-refractivity contribution < 1.29 is 0 Å². The van der Waals surface area contributed by atoms with Gasteiger partial charge in [0.05, 0.1) is 0 Å². The molecular weight excluding hydrogens is 314 g/mol. The number of benzene rings is 1. The second kappa shape index (κ2) is 9.81. The molecule has 1 heteroatoms. The van der Waals surface area contributed by atoms with E-state index >= 15 is 0 Å². The molecule has 0 aliphatic rings. The van der Waals surface area contributed by atoms with Gasteiger partial charge in [0.25, 0.3) is 0 Å². The molecule has 0 fully saturated rings. The van der Waals surface area contributed by atoms with Crippen molar-refractivity contribution in [1.29, 1.82) is 0 Å². The summed E-state index contributed by atoms with van der Waals surface area (Å²) in [4.78, 5) is 2.63. The molecule has 0 aliphatic heterocycles. The van der Waals surface area contributed by atoms with Gasteiger partial charge in [0.15, 0.2) is 0 Å². The lowest BCUT2D eigenvalue weighted by molar-refractivity contribution is 0.291. The topological polar surface area (TPSA) is 3.24 Å². The maximum Gasteiger partial charge on any atom is 0.0368 e. The molecule has 1 nitrogen and oxygen atoms in total. The van der Waals surface area contributed by atoms with Gasteiger partial charge in [0, 0.05) is 18.8 Å². The molecule has 1 rings (SSSR count). The molecule has 0 aliphatic carbocycles. The molecule has 150 valence electrons. The van der Waals surface area contributed by atoms with E-state index in [2.05, 4.69) is 91.5 Å². The van der Waals surface area contributed by atoms with E-state index in [1.165, 1.54) is 50.0 Å². The molecule has 0 saturated carbocycles. The highest BCUT2D eigenvalue weighted by Gasteiger charge is 2.19. The van der Waals surface area contributed by atoms with Crippen LogP contribution in [0.4, 0.5) is 5.69 Å². The maximum absolute atomic E-state index is 2.63. The van der Waals surface area contributed by atoms with E-state index < -0.39 is 0 Å². The Hall–Kier alpha value is -0.980. The van der Waals surface area contributed by atoms with Gasteiger partial charge in [-0.3, -0.25) is 0 Å². The van der Waals surface area contributed by atoms with Crippen molar-refractivity contribution in [2.45, 2.75) is 88.0 Å². The van der Waals surface area contributed by atoms with Crippen molar-refractivity contribution in [3.63, 3.8) is 0 Å². The Balaban J connectivity index is 2.71. The van der Waals surface area contributed by atoms with Crippen LogP contribution in [0.1, 0.15) is 86.6 Å². The molecule has 0 amide bonds. The first-order valence-corrected chi connectivity index (χ1v) is 10.7. The lowest BCUT2D eigenvalue weighted by Gasteiger charge is -2.31. The molecule has 1 aromatic rings. The standard InChI is InChI=1S/C25H45N/c1-20-11-10-12-23(17-20)26(15-13-21(2)18-24(4,5)6)16-14-22(3)19-25(7,8)9/h10-12,17,21-22H,13-16,18-19H2,1-9H3. The average molecular weight is 360 g/mol. The zero-order valence-electron chi connectivity index (χ0n) is 19.2. The Morgan fingerprint density at radius 1 is 0.808 bits per heavy atom. The number of aryl methyl sites for hydroxylation is 1. The second-order valence-corrected chi connectivity index (χ2v) is 11.1. The molecule has 0 N–H and O–H groups in total. The number of rotatable bonds is 9. The quantitative estimate of drug-likeness (QED) is 0.436. The van der Waals surface area contributed by atoms with Gasteiger partial charge >= 0.3 is 0 Å². The Bertz CT molecular complexity index is 492. The zero-order chi connectivity index (χ0) is 20.0. The number of hydrogen-bond acceptors (Lipinski definition) is 1. The van der Waals surface area contributed by atoms with Gasteiger partial charge in [-0.05, 0) is 73.0 Å². The summed E-state index contributed by atoms with van der Waals surface area (Å²) in [6.07, 6.45) is 5.15. The van der Waals surface area contributed by atoms with E-state index in [1.54, 1.807) is 0 Å². The summed E-state index contributed by atoms with van der Waals surface area (Å²) in [5.74, 6) is 1.55. The lowest BCUT2D eigenvalue weighted by Crippen LogP contribution is -2.29. The van der Waals surface area contributed by atoms with Crippen LogP contribution in [0, 0.1) is 29.6 Å². The minimum absolute atomic E-state index is 0.425. The summed E-state index contributed by atoms with van der Waals surface area (Å²) in [7, 11) is 0. The SMILES string of the molecule is Cc1cccc(N(CCC(C)CC(C)(C)C)CCC(C)CC(C)(C)C)c1. The molecule has 2 atom stereocenters. The van der Waals surface area contributed by atoms with Crippen molar-refractivity contribution in [3.05, 3.63) is 29.8 Å². The van der Waals surface area contributed by atoms with E-state index in [0.29, 0.717) is 10.8 Å². The van der Waals surface area contributed by atoms with Gasteiger partial charge in [-0.2, -0.15) is 0 Å². The number of hydrogen-bond donors (Lipinski definition) is 0. The van der Waals surface area contributed by atoms with Crippen LogP contribution >= 0.6 is 0 Å².